The van der Waals surface area contributed by atoms with Crippen molar-refractivity contribution in [2.75, 3.05) is 33.2 Å². The molecule has 12 heteroatoms. The zero-order chi connectivity index (χ0) is 23.5. The third-order valence-corrected chi connectivity index (χ3v) is 6.38. The number of ether oxygens (including phenoxy) is 1. The number of amides is 1. The lowest BCUT2D eigenvalue weighted by atomic mass is 10.1. The molecule has 1 amide bonds. The Morgan fingerprint density at radius 2 is 1.69 bits per heavy atom. The predicted molar refractivity (Wildman–Crippen MR) is 107 cm³/mol. The molecular formula is C20H21F4N3O4S. The number of carbonyl (C=O) groups is 1. The van der Waals surface area contributed by atoms with Crippen LogP contribution in [0, 0.1) is 5.82 Å². The van der Waals surface area contributed by atoms with Crippen molar-refractivity contribution < 1.29 is 35.5 Å². The Kier molecular flexibility index (Phi) is 7.06. The predicted octanol–water partition coefficient (Wildman–Crippen LogP) is 2.59. The van der Waals surface area contributed by atoms with Crippen molar-refractivity contribution in [1.29, 1.82) is 0 Å². The monoisotopic (exact) mass is 475 g/mol. The Hall–Kier alpha value is -2.70. The molecule has 0 spiro atoms. The van der Waals surface area contributed by atoms with Crippen molar-refractivity contribution in [2.45, 2.75) is 17.8 Å². The number of nitrogens with one attached hydrogen (secondary N) is 1. The molecular weight excluding hydrogens is 454 g/mol. The van der Waals surface area contributed by atoms with E-state index in [9.17, 15) is 30.8 Å². The molecule has 1 N–H and O–H groups in total. The van der Waals surface area contributed by atoms with E-state index in [1.54, 1.807) is 0 Å². The molecule has 0 unspecified atom stereocenters. The molecule has 3 rings (SSSR count). The quantitative estimate of drug-likeness (QED) is 0.650. The third kappa shape index (κ3) is 5.96. The number of rotatable bonds is 6. The van der Waals surface area contributed by atoms with Crippen LogP contribution in [0.3, 0.4) is 0 Å². The first-order chi connectivity index (χ1) is 15.0. The number of halogens is 4. The molecule has 1 fully saturated rings. The Morgan fingerprint density at radius 3 is 2.25 bits per heavy atom. The highest BCUT2D eigenvalue weighted by molar-refractivity contribution is 7.89. The highest BCUT2D eigenvalue weighted by Gasteiger charge is 2.31. The number of nitrogens with zero attached hydrogens (tertiary/aromatic N) is 2. The number of piperazine rings is 1. The summed E-state index contributed by atoms with van der Waals surface area (Å²) in [6, 6.07) is 8.57. The summed E-state index contributed by atoms with van der Waals surface area (Å²) in [4.78, 5) is 16.0. The maximum absolute atomic E-state index is 14.2. The summed E-state index contributed by atoms with van der Waals surface area (Å²) >= 11 is 0. The SMILES string of the molecule is CNS(=O)(=O)c1ccc(F)c(C(=O)N2CCN(Cc3ccc(OC(F)(F)F)cc3)CC2)c1. The van der Waals surface area contributed by atoms with Gasteiger partial charge in [-0.1, -0.05) is 12.1 Å². The van der Waals surface area contributed by atoms with E-state index in [0.29, 0.717) is 19.6 Å². The van der Waals surface area contributed by atoms with Gasteiger partial charge in [0.25, 0.3) is 5.91 Å². The van der Waals surface area contributed by atoms with Gasteiger partial charge in [0.05, 0.1) is 10.5 Å². The number of carbonyl (C=O) groups excluding carboxylic acids is 1. The molecule has 0 aliphatic carbocycles. The maximum atomic E-state index is 14.2. The fraction of sp³-hybridized carbons (Fsp3) is 0.350. The van der Waals surface area contributed by atoms with E-state index in [4.69, 9.17) is 0 Å². The van der Waals surface area contributed by atoms with Crippen LogP contribution in [-0.4, -0.2) is 63.7 Å². The Morgan fingerprint density at radius 1 is 1.06 bits per heavy atom. The molecule has 0 radical (unpaired) electrons. The van der Waals surface area contributed by atoms with Gasteiger partial charge < -0.3 is 9.64 Å². The van der Waals surface area contributed by atoms with E-state index in [-0.39, 0.29) is 29.3 Å². The molecule has 7 nitrogen and oxygen atoms in total. The lowest BCUT2D eigenvalue weighted by Crippen LogP contribution is -2.48. The smallest absolute Gasteiger partial charge is 0.406 e. The summed E-state index contributed by atoms with van der Waals surface area (Å²) in [6.45, 7) is 1.96. The van der Waals surface area contributed by atoms with Crippen molar-refractivity contribution in [1.82, 2.24) is 14.5 Å². The second kappa shape index (κ2) is 9.43. The van der Waals surface area contributed by atoms with Gasteiger partial charge >= 0.3 is 6.36 Å². The van der Waals surface area contributed by atoms with Crippen molar-refractivity contribution >= 4 is 15.9 Å². The van der Waals surface area contributed by atoms with Crippen LogP contribution in [-0.2, 0) is 16.6 Å². The van der Waals surface area contributed by atoms with E-state index in [1.807, 2.05) is 4.90 Å². The summed E-state index contributed by atoms with van der Waals surface area (Å²) in [5.74, 6) is -1.72. The minimum Gasteiger partial charge on any atom is -0.406 e. The fourth-order valence-corrected chi connectivity index (χ4v) is 4.04. The molecule has 0 bridgehead atoms. The van der Waals surface area contributed by atoms with E-state index in [1.165, 1.54) is 36.2 Å². The number of benzene rings is 2. The second-order valence-electron chi connectivity index (χ2n) is 7.11. The number of hydrogen-bond acceptors (Lipinski definition) is 5. The molecule has 1 saturated heterocycles. The topological polar surface area (TPSA) is 79.0 Å². The van der Waals surface area contributed by atoms with Gasteiger partial charge in [-0.05, 0) is 42.9 Å². The van der Waals surface area contributed by atoms with Crippen molar-refractivity contribution in [3.8, 4) is 5.75 Å². The minimum atomic E-state index is -4.75. The maximum Gasteiger partial charge on any atom is 0.573 e. The van der Waals surface area contributed by atoms with Crippen LogP contribution >= 0.6 is 0 Å². The van der Waals surface area contributed by atoms with Crippen LogP contribution in [0.5, 0.6) is 5.75 Å². The Balaban J connectivity index is 1.60. The zero-order valence-corrected chi connectivity index (χ0v) is 17.8. The second-order valence-corrected chi connectivity index (χ2v) is 9.00. The van der Waals surface area contributed by atoms with Crippen molar-refractivity contribution in [2.24, 2.45) is 0 Å². The normalized spacial score (nSPS) is 15.6. The van der Waals surface area contributed by atoms with Crippen LogP contribution in [0.25, 0.3) is 0 Å². The summed E-state index contributed by atoms with van der Waals surface area (Å²) in [5, 5.41) is 0. The molecule has 0 atom stereocenters. The summed E-state index contributed by atoms with van der Waals surface area (Å²) in [6.07, 6.45) is -4.75. The van der Waals surface area contributed by atoms with Crippen LogP contribution in [0.15, 0.2) is 47.4 Å². The van der Waals surface area contributed by atoms with Crippen molar-refractivity contribution in [3.05, 3.63) is 59.4 Å². The number of sulfonamides is 1. The lowest BCUT2D eigenvalue weighted by Gasteiger charge is -2.35. The van der Waals surface area contributed by atoms with Gasteiger partial charge in [0, 0.05) is 32.7 Å². The third-order valence-electron chi connectivity index (χ3n) is 4.97. The molecule has 0 aromatic heterocycles. The standard InChI is InChI=1S/C20H21F4N3O4S/c1-25-32(29,30)16-6-7-18(21)17(12-16)19(28)27-10-8-26(9-11-27)13-14-2-4-15(5-3-14)31-20(22,23)24/h2-7,12,25H,8-11,13H2,1H3. The van der Waals surface area contributed by atoms with E-state index >= 15 is 0 Å². The first kappa shape index (κ1) is 24.0. The molecule has 1 aliphatic rings. The van der Waals surface area contributed by atoms with Gasteiger partial charge in [-0.25, -0.2) is 17.5 Å². The number of alkyl halides is 3. The molecule has 0 saturated carbocycles. The molecule has 1 aliphatic heterocycles. The van der Waals surface area contributed by atoms with E-state index in [2.05, 4.69) is 9.46 Å². The van der Waals surface area contributed by atoms with Crippen LogP contribution in [0.2, 0.25) is 0 Å². The van der Waals surface area contributed by atoms with E-state index in [0.717, 1.165) is 23.8 Å². The molecule has 2 aromatic rings. The average molecular weight is 475 g/mol. The van der Waals surface area contributed by atoms with Gasteiger partial charge in [-0.2, -0.15) is 0 Å². The molecule has 174 valence electrons. The largest absolute Gasteiger partial charge is 0.573 e. The Bertz CT molecular complexity index is 1070. The lowest BCUT2D eigenvalue weighted by molar-refractivity contribution is -0.274. The average Bonchev–Trinajstić information content (AvgIpc) is 2.74. The van der Waals surface area contributed by atoms with Gasteiger partial charge in [0.2, 0.25) is 10.0 Å². The highest BCUT2D eigenvalue weighted by Crippen LogP contribution is 2.23. The molecule has 32 heavy (non-hydrogen) atoms. The Labute approximate surface area is 182 Å². The van der Waals surface area contributed by atoms with Gasteiger partial charge in [-0.15, -0.1) is 13.2 Å². The van der Waals surface area contributed by atoms with Crippen molar-refractivity contribution in [3.63, 3.8) is 0 Å². The molecule has 1 heterocycles. The van der Waals surface area contributed by atoms with Gasteiger partial charge in [0.15, 0.2) is 0 Å². The highest BCUT2D eigenvalue weighted by atomic mass is 32.2. The number of hydrogen-bond donors (Lipinski definition) is 1. The summed E-state index contributed by atoms with van der Waals surface area (Å²) in [7, 11) is -2.61. The zero-order valence-electron chi connectivity index (χ0n) is 17.0. The van der Waals surface area contributed by atoms with Gasteiger partial charge in [-0.3, -0.25) is 9.69 Å². The van der Waals surface area contributed by atoms with Crippen LogP contribution in [0.1, 0.15) is 15.9 Å². The van der Waals surface area contributed by atoms with Gasteiger partial charge in [0.1, 0.15) is 11.6 Å². The summed E-state index contributed by atoms with van der Waals surface area (Å²) < 4.78 is 80.8. The first-order valence-corrected chi connectivity index (χ1v) is 11.1. The first-order valence-electron chi connectivity index (χ1n) is 9.58. The minimum absolute atomic E-state index is 0.207. The van der Waals surface area contributed by atoms with Crippen LogP contribution in [0.4, 0.5) is 17.6 Å². The van der Waals surface area contributed by atoms with Crippen LogP contribution < -0.4 is 9.46 Å². The fourth-order valence-electron chi connectivity index (χ4n) is 3.29. The molecule has 2 aromatic carbocycles. The van der Waals surface area contributed by atoms with E-state index < -0.39 is 28.1 Å². The summed E-state index contributed by atoms with van der Waals surface area (Å²) in [5.41, 5.74) is 0.449.